The van der Waals surface area contributed by atoms with Gasteiger partial charge in [-0.25, -0.2) is 13.6 Å². The van der Waals surface area contributed by atoms with E-state index in [2.05, 4.69) is 0 Å². The van der Waals surface area contributed by atoms with Crippen molar-refractivity contribution in [3.05, 3.63) is 60.2 Å². The van der Waals surface area contributed by atoms with E-state index >= 15 is 0 Å². The number of halogens is 2. The first-order chi connectivity index (χ1) is 13.5. The van der Waals surface area contributed by atoms with Crippen LogP contribution in [0.25, 0.3) is 0 Å². The molecule has 0 radical (unpaired) electrons. The van der Waals surface area contributed by atoms with E-state index in [1.54, 1.807) is 24.3 Å². The van der Waals surface area contributed by atoms with Crippen LogP contribution in [-0.4, -0.2) is 48.3 Å². The Morgan fingerprint density at radius 2 is 1.86 bits per heavy atom. The van der Waals surface area contributed by atoms with E-state index in [-0.39, 0.29) is 36.2 Å². The van der Waals surface area contributed by atoms with Gasteiger partial charge in [0.1, 0.15) is 18.0 Å². The summed E-state index contributed by atoms with van der Waals surface area (Å²) in [7, 11) is 1.25. The molecular formula is C20H19F2NO4S. The van der Waals surface area contributed by atoms with Gasteiger partial charge in [0.05, 0.1) is 19.4 Å². The van der Waals surface area contributed by atoms with Gasteiger partial charge in [0.15, 0.2) is 11.6 Å². The van der Waals surface area contributed by atoms with Crippen molar-refractivity contribution < 1.29 is 27.8 Å². The lowest BCUT2D eigenvalue weighted by Gasteiger charge is -2.22. The molecule has 1 fully saturated rings. The molecule has 0 spiro atoms. The van der Waals surface area contributed by atoms with Crippen LogP contribution in [0.4, 0.5) is 8.78 Å². The number of hydrogen-bond acceptors (Lipinski definition) is 5. The molecule has 8 heteroatoms. The number of rotatable bonds is 6. The molecule has 0 bridgehead atoms. The molecule has 5 nitrogen and oxygen atoms in total. The van der Waals surface area contributed by atoms with Gasteiger partial charge in [-0.3, -0.25) is 4.79 Å². The van der Waals surface area contributed by atoms with E-state index < -0.39 is 23.9 Å². The number of benzene rings is 2. The van der Waals surface area contributed by atoms with Crippen molar-refractivity contribution in [3.8, 4) is 5.75 Å². The standard InChI is InChI=1S/C20H19F2NO4S/c1-26-20(25)17-10-14(27-18-5-3-2-4-16(18)22)11-23(17)19(24)12-28-15-8-6-13(21)7-9-15/h2-9,14,17H,10-12H2,1H3/t14-,17-/m1/s1. The van der Waals surface area contributed by atoms with Crippen molar-refractivity contribution in [2.75, 3.05) is 19.4 Å². The number of methoxy groups -OCH3 is 1. The molecule has 2 atom stereocenters. The van der Waals surface area contributed by atoms with Crippen LogP contribution in [-0.2, 0) is 14.3 Å². The quantitative estimate of drug-likeness (QED) is 0.543. The number of para-hydroxylation sites is 1. The van der Waals surface area contributed by atoms with E-state index in [1.807, 2.05) is 0 Å². The van der Waals surface area contributed by atoms with Crippen molar-refractivity contribution >= 4 is 23.6 Å². The van der Waals surface area contributed by atoms with Crippen LogP contribution in [0.2, 0.25) is 0 Å². The molecule has 28 heavy (non-hydrogen) atoms. The van der Waals surface area contributed by atoms with Crippen LogP contribution in [0, 0.1) is 11.6 Å². The van der Waals surface area contributed by atoms with Crippen LogP contribution in [0.1, 0.15) is 6.42 Å². The lowest BCUT2D eigenvalue weighted by molar-refractivity contribution is -0.150. The maximum atomic E-state index is 13.8. The summed E-state index contributed by atoms with van der Waals surface area (Å²) in [6, 6.07) is 11.0. The topological polar surface area (TPSA) is 55.8 Å². The molecule has 2 aromatic rings. The minimum atomic E-state index is -0.789. The predicted octanol–water partition coefficient (Wildman–Crippen LogP) is 3.28. The normalized spacial score (nSPS) is 18.8. The molecule has 3 rings (SSSR count). The summed E-state index contributed by atoms with van der Waals surface area (Å²) in [6.07, 6.45) is -0.311. The fourth-order valence-electron chi connectivity index (χ4n) is 3.00. The number of thioether (sulfide) groups is 1. The number of esters is 1. The zero-order valence-corrected chi connectivity index (χ0v) is 16.0. The summed E-state index contributed by atoms with van der Waals surface area (Å²) in [6.45, 7) is 0.150. The SMILES string of the molecule is COC(=O)[C@H]1C[C@@H](Oc2ccccc2F)CN1C(=O)CSc1ccc(F)cc1. The predicted molar refractivity (Wildman–Crippen MR) is 100 cm³/mol. The number of nitrogens with zero attached hydrogens (tertiary/aromatic N) is 1. The lowest BCUT2D eigenvalue weighted by atomic mass is 10.2. The first-order valence-electron chi connectivity index (χ1n) is 8.64. The zero-order valence-electron chi connectivity index (χ0n) is 15.1. The number of hydrogen-bond donors (Lipinski definition) is 0. The molecule has 0 aliphatic carbocycles. The third-order valence-corrected chi connectivity index (χ3v) is 5.36. The third-order valence-electron chi connectivity index (χ3n) is 4.36. The summed E-state index contributed by atoms with van der Waals surface area (Å²) in [5, 5.41) is 0. The highest BCUT2D eigenvalue weighted by molar-refractivity contribution is 8.00. The molecule has 148 valence electrons. The van der Waals surface area contributed by atoms with Gasteiger partial charge in [0.2, 0.25) is 5.91 Å². The Bertz CT molecular complexity index is 846. The second kappa shape index (κ2) is 9.05. The molecule has 1 amide bonds. The van der Waals surface area contributed by atoms with Crippen LogP contribution in [0.3, 0.4) is 0 Å². The van der Waals surface area contributed by atoms with E-state index in [1.165, 1.54) is 48.0 Å². The van der Waals surface area contributed by atoms with Gasteiger partial charge in [0.25, 0.3) is 0 Å². The second-order valence-electron chi connectivity index (χ2n) is 6.23. The van der Waals surface area contributed by atoms with E-state index in [0.29, 0.717) is 0 Å². The van der Waals surface area contributed by atoms with Gasteiger partial charge in [0, 0.05) is 11.3 Å². The highest BCUT2D eigenvalue weighted by Gasteiger charge is 2.41. The van der Waals surface area contributed by atoms with Gasteiger partial charge in [-0.2, -0.15) is 0 Å². The smallest absolute Gasteiger partial charge is 0.328 e. The first-order valence-corrected chi connectivity index (χ1v) is 9.63. The number of carbonyl (C=O) groups is 2. The van der Waals surface area contributed by atoms with Crippen molar-refractivity contribution in [2.45, 2.75) is 23.5 Å². The fraction of sp³-hybridized carbons (Fsp3) is 0.300. The summed E-state index contributed by atoms with van der Waals surface area (Å²) in [5.74, 6) is -1.52. The summed E-state index contributed by atoms with van der Waals surface area (Å²) < 4.78 is 37.3. The molecule has 0 unspecified atom stereocenters. The lowest BCUT2D eigenvalue weighted by Crippen LogP contribution is -2.42. The minimum Gasteiger partial charge on any atom is -0.485 e. The number of carbonyl (C=O) groups excluding carboxylic acids is 2. The van der Waals surface area contributed by atoms with Crippen molar-refractivity contribution in [1.82, 2.24) is 4.90 Å². The summed E-state index contributed by atoms with van der Waals surface area (Å²) in [5.41, 5.74) is 0. The van der Waals surface area contributed by atoms with Crippen molar-refractivity contribution in [2.24, 2.45) is 0 Å². The van der Waals surface area contributed by atoms with Crippen molar-refractivity contribution in [1.29, 1.82) is 0 Å². The van der Waals surface area contributed by atoms with Crippen LogP contribution >= 0.6 is 11.8 Å². The van der Waals surface area contributed by atoms with E-state index in [4.69, 9.17) is 9.47 Å². The molecule has 0 N–H and O–H groups in total. The number of amides is 1. The number of ether oxygens (including phenoxy) is 2. The Morgan fingerprint density at radius 1 is 1.14 bits per heavy atom. The Kier molecular flexibility index (Phi) is 6.51. The first kappa shape index (κ1) is 20.1. The Labute approximate surface area is 165 Å². The Balaban J connectivity index is 1.66. The fourth-order valence-corrected chi connectivity index (χ4v) is 3.78. The molecule has 1 aliphatic heterocycles. The van der Waals surface area contributed by atoms with Gasteiger partial charge in [-0.15, -0.1) is 11.8 Å². The van der Waals surface area contributed by atoms with Crippen LogP contribution in [0.15, 0.2) is 53.4 Å². The molecule has 0 saturated carbocycles. The largest absolute Gasteiger partial charge is 0.485 e. The maximum absolute atomic E-state index is 13.8. The molecule has 1 saturated heterocycles. The highest BCUT2D eigenvalue weighted by atomic mass is 32.2. The Morgan fingerprint density at radius 3 is 2.54 bits per heavy atom. The van der Waals surface area contributed by atoms with E-state index in [0.717, 1.165) is 4.90 Å². The highest BCUT2D eigenvalue weighted by Crippen LogP contribution is 2.27. The molecule has 2 aromatic carbocycles. The van der Waals surface area contributed by atoms with Gasteiger partial charge in [-0.05, 0) is 36.4 Å². The molecule has 1 aliphatic rings. The third kappa shape index (κ3) is 4.81. The Hall–Kier alpha value is -2.61. The monoisotopic (exact) mass is 407 g/mol. The zero-order chi connectivity index (χ0) is 20.1. The van der Waals surface area contributed by atoms with Crippen LogP contribution < -0.4 is 4.74 Å². The average Bonchev–Trinajstić information content (AvgIpc) is 3.12. The van der Waals surface area contributed by atoms with Crippen LogP contribution in [0.5, 0.6) is 5.75 Å². The number of likely N-dealkylation sites (tertiary alicyclic amines) is 1. The van der Waals surface area contributed by atoms with Crippen molar-refractivity contribution in [3.63, 3.8) is 0 Å². The average molecular weight is 407 g/mol. The molecule has 0 aromatic heterocycles. The summed E-state index contributed by atoms with van der Waals surface area (Å²) in [4.78, 5) is 26.9. The maximum Gasteiger partial charge on any atom is 0.328 e. The van der Waals surface area contributed by atoms with Gasteiger partial charge >= 0.3 is 5.97 Å². The van der Waals surface area contributed by atoms with Gasteiger partial charge < -0.3 is 14.4 Å². The van der Waals surface area contributed by atoms with E-state index in [9.17, 15) is 18.4 Å². The van der Waals surface area contributed by atoms with Gasteiger partial charge in [-0.1, -0.05) is 12.1 Å². The molecular weight excluding hydrogens is 388 g/mol. The molecule has 1 heterocycles. The second-order valence-corrected chi connectivity index (χ2v) is 7.28. The summed E-state index contributed by atoms with van der Waals surface area (Å²) >= 11 is 1.24. The minimum absolute atomic E-state index is 0.0749.